The fraction of sp³-hybridized carbons (Fsp3) is 0.182. The van der Waals surface area contributed by atoms with Gasteiger partial charge in [-0.2, -0.15) is 0 Å². The van der Waals surface area contributed by atoms with Gasteiger partial charge < -0.3 is 4.40 Å². The van der Waals surface area contributed by atoms with E-state index in [1.54, 1.807) is 0 Å². The zero-order valence-corrected chi connectivity index (χ0v) is 7.27. The predicted octanol–water partition coefficient (Wildman–Crippen LogP) is 2.29. The van der Waals surface area contributed by atoms with Gasteiger partial charge in [-0.15, -0.1) is 0 Å². The van der Waals surface area contributed by atoms with Gasteiger partial charge in [0.05, 0.1) is 18.0 Å². The smallest absolute Gasteiger partial charge is 0.0992 e. The van der Waals surface area contributed by atoms with Crippen molar-refractivity contribution in [3.8, 4) is 0 Å². The van der Waals surface area contributed by atoms with Gasteiger partial charge in [-0.1, -0.05) is 12.2 Å². The van der Waals surface area contributed by atoms with Crippen LogP contribution in [0.3, 0.4) is 0 Å². The summed E-state index contributed by atoms with van der Waals surface area (Å²) in [6.45, 7) is 0. The fourth-order valence-electron chi connectivity index (χ4n) is 1.91. The average Bonchev–Trinajstić information content (AvgIpc) is 2.65. The van der Waals surface area contributed by atoms with E-state index in [0.29, 0.717) is 0 Å². The topological polar surface area (TPSA) is 17.3 Å². The van der Waals surface area contributed by atoms with Crippen molar-refractivity contribution in [2.45, 2.75) is 12.8 Å². The van der Waals surface area contributed by atoms with Crippen LogP contribution in [-0.4, -0.2) is 9.38 Å². The van der Waals surface area contributed by atoms with E-state index in [9.17, 15) is 0 Å². The van der Waals surface area contributed by atoms with Crippen LogP contribution in [0, 0.1) is 0 Å². The molecule has 0 atom stereocenters. The molecule has 0 radical (unpaired) electrons. The Balaban J connectivity index is 2.43. The molecule has 13 heavy (non-hydrogen) atoms. The molecule has 64 valence electrons. The highest BCUT2D eigenvalue weighted by molar-refractivity contribution is 5.72. The number of hydrogen-bond acceptors (Lipinski definition) is 1. The minimum atomic E-state index is 1.16. The standard InChI is InChI=1S/C11H10N2/c1-2-4-10-9(3-1)5-6-13-8-12-7-11(10)13/h2,4-8H,1,3H2. The van der Waals surface area contributed by atoms with Crippen LogP contribution in [0.15, 0.2) is 30.9 Å². The first-order valence-electron chi connectivity index (χ1n) is 4.55. The number of imidazole rings is 1. The maximum absolute atomic E-state index is 4.14. The Morgan fingerprint density at radius 2 is 2.38 bits per heavy atom. The second kappa shape index (κ2) is 2.46. The summed E-state index contributed by atoms with van der Waals surface area (Å²) >= 11 is 0. The third-order valence-electron chi connectivity index (χ3n) is 2.59. The van der Waals surface area contributed by atoms with Gasteiger partial charge in [-0.25, -0.2) is 4.98 Å². The Morgan fingerprint density at radius 1 is 1.38 bits per heavy atom. The van der Waals surface area contributed by atoms with Crippen LogP contribution >= 0.6 is 0 Å². The average molecular weight is 170 g/mol. The molecule has 2 aromatic heterocycles. The number of hydrogen-bond donors (Lipinski definition) is 0. The Morgan fingerprint density at radius 3 is 3.38 bits per heavy atom. The quantitative estimate of drug-likeness (QED) is 0.593. The van der Waals surface area contributed by atoms with E-state index >= 15 is 0 Å². The Kier molecular flexibility index (Phi) is 1.30. The molecule has 2 aromatic rings. The van der Waals surface area contributed by atoms with Crippen LogP contribution in [-0.2, 0) is 6.42 Å². The molecule has 2 heteroatoms. The summed E-state index contributed by atoms with van der Waals surface area (Å²) in [5.41, 5.74) is 4.00. The zero-order chi connectivity index (χ0) is 8.67. The van der Waals surface area contributed by atoms with Crippen LogP contribution in [0.4, 0.5) is 0 Å². The highest BCUT2D eigenvalue weighted by Crippen LogP contribution is 2.22. The van der Waals surface area contributed by atoms with Gasteiger partial charge in [0.25, 0.3) is 0 Å². The van der Waals surface area contributed by atoms with E-state index < -0.39 is 0 Å². The first-order chi connectivity index (χ1) is 6.45. The lowest BCUT2D eigenvalue weighted by Gasteiger charge is -2.10. The third kappa shape index (κ3) is 0.917. The summed E-state index contributed by atoms with van der Waals surface area (Å²) < 4.78 is 2.06. The minimum absolute atomic E-state index is 1.16. The largest absolute Gasteiger partial charge is 0.306 e. The van der Waals surface area contributed by atoms with Crippen molar-refractivity contribution >= 4 is 11.6 Å². The van der Waals surface area contributed by atoms with Crippen LogP contribution in [0.1, 0.15) is 17.5 Å². The SMILES string of the molecule is C1=Cc2c(ccn3cncc23)CC1. The third-order valence-corrected chi connectivity index (χ3v) is 2.59. The summed E-state index contributed by atoms with van der Waals surface area (Å²) in [6.07, 6.45) is 12.6. The molecule has 0 unspecified atom stereocenters. The van der Waals surface area contributed by atoms with E-state index in [1.165, 1.54) is 16.6 Å². The van der Waals surface area contributed by atoms with Crippen molar-refractivity contribution in [2.24, 2.45) is 0 Å². The molecule has 0 N–H and O–H groups in total. The Hall–Kier alpha value is -1.57. The molecule has 0 bridgehead atoms. The van der Waals surface area contributed by atoms with E-state index in [2.05, 4.69) is 33.8 Å². The van der Waals surface area contributed by atoms with Crippen molar-refractivity contribution in [2.75, 3.05) is 0 Å². The van der Waals surface area contributed by atoms with Gasteiger partial charge >= 0.3 is 0 Å². The molecular weight excluding hydrogens is 160 g/mol. The maximum Gasteiger partial charge on any atom is 0.0992 e. The normalized spacial score (nSPS) is 14.8. The van der Waals surface area contributed by atoms with E-state index in [4.69, 9.17) is 0 Å². The number of allylic oxidation sites excluding steroid dienone is 1. The van der Waals surface area contributed by atoms with Gasteiger partial charge in [-0.05, 0) is 24.5 Å². The predicted molar refractivity (Wildman–Crippen MR) is 52.5 cm³/mol. The number of aromatic nitrogens is 2. The maximum atomic E-state index is 4.14. The number of nitrogens with zero attached hydrogens (tertiary/aromatic N) is 2. The summed E-state index contributed by atoms with van der Waals surface area (Å²) in [5, 5.41) is 0. The number of rotatable bonds is 0. The summed E-state index contributed by atoms with van der Waals surface area (Å²) in [4.78, 5) is 4.14. The van der Waals surface area contributed by atoms with Gasteiger partial charge in [0.2, 0.25) is 0 Å². The number of aryl methyl sites for hydroxylation is 1. The summed E-state index contributed by atoms with van der Waals surface area (Å²) in [7, 11) is 0. The van der Waals surface area contributed by atoms with Gasteiger partial charge in [0, 0.05) is 11.8 Å². The molecule has 2 heterocycles. The Bertz CT molecular complexity index is 480. The van der Waals surface area contributed by atoms with Crippen molar-refractivity contribution < 1.29 is 0 Å². The van der Waals surface area contributed by atoms with Crippen molar-refractivity contribution in [1.29, 1.82) is 0 Å². The van der Waals surface area contributed by atoms with E-state index in [0.717, 1.165) is 12.8 Å². The molecule has 1 aliphatic carbocycles. The minimum Gasteiger partial charge on any atom is -0.306 e. The lowest BCUT2D eigenvalue weighted by molar-refractivity contribution is 0.976. The zero-order valence-electron chi connectivity index (χ0n) is 7.27. The van der Waals surface area contributed by atoms with Crippen molar-refractivity contribution in [3.05, 3.63) is 42.0 Å². The first kappa shape index (κ1) is 6.89. The molecule has 0 aromatic carbocycles. The van der Waals surface area contributed by atoms with Crippen LogP contribution < -0.4 is 0 Å². The van der Waals surface area contributed by atoms with Gasteiger partial charge in [0.1, 0.15) is 0 Å². The highest BCUT2D eigenvalue weighted by Gasteiger charge is 2.07. The van der Waals surface area contributed by atoms with Crippen LogP contribution in [0.2, 0.25) is 0 Å². The van der Waals surface area contributed by atoms with Crippen LogP contribution in [0.5, 0.6) is 0 Å². The molecule has 1 aliphatic rings. The second-order valence-electron chi connectivity index (χ2n) is 3.38. The monoisotopic (exact) mass is 170 g/mol. The number of pyridine rings is 1. The van der Waals surface area contributed by atoms with E-state index in [1.807, 2.05) is 12.5 Å². The molecule has 0 saturated heterocycles. The first-order valence-corrected chi connectivity index (χ1v) is 4.55. The lowest BCUT2D eigenvalue weighted by atomic mass is 9.98. The van der Waals surface area contributed by atoms with Crippen molar-refractivity contribution in [3.63, 3.8) is 0 Å². The molecule has 0 saturated carbocycles. The second-order valence-corrected chi connectivity index (χ2v) is 3.38. The van der Waals surface area contributed by atoms with E-state index in [-0.39, 0.29) is 0 Å². The molecule has 2 nitrogen and oxygen atoms in total. The molecule has 0 spiro atoms. The van der Waals surface area contributed by atoms with Gasteiger partial charge in [-0.3, -0.25) is 0 Å². The molecule has 0 fully saturated rings. The number of fused-ring (bicyclic) bond motifs is 3. The summed E-state index contributed by atoms with van der Waals surface area (Å²) in [5.74, 6) is 0. The molecule has 3 rings (SSSR count). The molecule has 0 aliphatic heterocycles. The van der Waals surface area contributed by atoms with Crippen molar-refractivity contribution in [1.82, 2.24) is 9.38 Å². The molecular formula is C11H10N2. The lowest BCUT2D eigenvalue weighted by Crippen LogP contribution is -1.96. The highest BCUT2D eigenvalue weighted by atomic mass is 15.0. The summed E-state index contributed by atoms with van der Waals surface area (Å²) in [6, 6.07) is 2.19. The molecule has 0 amide bonds. The fourth-order valence-corrected chi connectivity index (χ4v) is 1.91. The Labute approximate surface area is 76.5 Å². The van der Waals surface area contributed by atoms with Gasteiger partial charge in [0.15, 0.2) is 0 Å². The van der Waals surface area contributed by atoms with Crippen LogP contribution in [0.25, 0.3) is 11.6 Å².